The summed E-state index contributed by atoms with van der Waals surface area (Å²) in [4.78, 5) is 12.8. The molecule has 0 aliphatic heterocycles. The van der Waals surface area contributed by atoms with Crippen molar-refractivity contribution in [1.82, 2.24) is 9.78 Å². The van der Waals surface area contributed by atoms with Gasteiger partial charge in [-0.3, -0.25) is 0 Å². The number of halogens is 1. The summed E-state index contributed by atoms with van der Waals surface area (Å²) in [6.45, 7) is 0. The Kier molecular flexibility index (Phi) is 4.96. The van der Waals surface area contributed by atoms with Crippen molar-refractivity contribution < 1.29 is 9.53 Å². The van der Waals surface area contributed by atoms with Gasteiger partial charge in [0.2, 0.25) is 0 Å². The van der Waals surface area contributed by atoms with Crippen LogP contribution in [0.25, 0.3) is 28.1 Å². The van der Waals surface area contributed by atoms with Gasteiger partial charge in [-0.15, -0.1) is 0 Å². The molecule has 0 spiro atoms. The van der Waals surface area contributed by atoms with Crippen molar-refractivity contribution in [3.63, 3.8) is 0 Å². The van der Waals surface area contributed by atoms with Crippen molar-refractivity contribution in [2.75, 3.05) is 7.11 Å². The molecule has 5 heteroatoms. The number of rotatable bonds is 4. The number of ether oxygens (including phenoxy) is 1. The zero-order chi connectivity index (χ0) is 19.5. The van der Waals surface area contributed by atoms with E-state index in [9.17, 15) is 4.79 Å². The molecule has 1 aromatic heterocycles. The van der Waals surface area contributed by atoms with Crippen molar-refractivity contribution >= 4 is 17.6 Å². The Morgan fingerprint density at radius 1 is 0.857 bits per heavy atom. The molecule has 0 saturated carbocycles. The number of benzene rings is 3. The molecule has 0 bridgehead atoms. The lowest BCUT2D eigenvalue weighted by atomic mass is 9.99. The van der Waals surface area contributed by atoms with E-state index in [2.05, 4.69) is 0 Å². The molecule has 0 N–H and O–H groups in total. The average Bonchev–Trinajstić information content (AvgIpc) is 3.15. The fourth-order valence-electron chi connectivity index (χ4n) is 3.15. The van der Waals surface area contributed by atoms with Crippen LogP contribution in [0.3, 0.4) is 0 Å². The van der Waals surface area contributed by atoms with Gasteiger partial charge in [0.25, 0.3) is 0 Å². The third kappa shape index (κ3) is 3.30. The summed E-state index contributed by atoms with van der Waals surface area (Å²) in [7, 11) is 1.37. The van der Waals surface area contributed by atoms with Gasteiger partial charge in [0.1, 0.15) is 5.69 Å². The minimum absolute atomic E-state index is 0.370. The summed E-state index contributed by atoms with van der Waals surface area (Å²) in [5.74, 6) is -0.455. The summed E-state index contributed by atoms with van der Waals surface area (Å²) >= 11 is 6.07. The fraction of sp³-hybridized carbons (Fsp3) is 0.0435. The van der Waals surface area contributed by atoms with Gasteiger partial charge in [-0.2, -0.15) is 5.10 Å². The second kappa shape index (κ2) is 7.71. The smallest absolute Gasteiger partial charge is 0.357 e. The third-order valence-electron chi connectivity index (χ3n) is 4.45. The average molecular weight is 389 g/mol. The molecule has 1 heterocycles. The maximum absolute atomic E-state index is 12.8. The van der Waals surface area contributed by atoms with Crippen LogP contribution in [0, 0.1) is 0 Å². The lowest BCUT2D eigenvalue weighted by Crippen LogP contribution is -2.11. The third-order valence-corrected chi connectivity index (χ3v) is 4.70. The molecule has 28 heavy (non-hydrogen) atoms. The van der Waals surface area contributed by atoms with E-state index in [-0.39, 0.29) is 0 Å². The highest BCUT2D eigenvalue weighted by atomic mass is 35.5. The molecule has 138 valence electrons. The summed E-state index contributed by atoms with van der Waals surface area (Å²) in [5, 5.41) is 5.43. The van der Waals surface area contributed by atoms with E-state index in [4.69, 9.17) is 21.4 Å². The Hall–Kier alpha value is -3.37. The molecule has 0 aliphatic rings. The van der Waals surface area contributed by atoms with Gasteiger partial charge in [-0.1, -0.05) is 72.3 Å². The molecule has 0 fully saturated rings. The summed E-state index contributed by atoms with van der Waals surface area (Å²) in [6.07, 6.45) is 0. The second-order valence-electron chi connectivity index (χ2n) is 6.18. The van der Waals surface area contributed by atoms with Crippen molar-refractivity contribution in [3.05, 3.63) is 95.6 Å². The van der Waals surface area contributed by atoms with Gasteiger partial charge in [-0.25, -0.2) is 9.48 Å². The summed E-state index contributed by atoms with van der Waals surface area (Å²) in [5.41, 5.74) is 4.30. The fourth-order valence-corrected chi connectivity index (χ4v) is 3.27. The Labute approximate surface area is 168 Å². The first-order valence-electron chi connectivity index (χ1n) is 8.77. The Balaban J connectivity index is 2.07. The topological polar surface area (TPSA) is 44.1 Å². The maximum Gasteiger partial charge on any atom is 0.357 e. The molecule has 0 saturated heterocycles. The highest BCUT2D eigenvalue weighted by Gasteiger charge is 2.27. The van der Waals surface area contributed by atoms with Crippen LogP contribution in [0.4, 0.5) is 0 Å². The maximum atomic E-state index is 12.8. The van der Waals surface area contributed by atoms with Crippen LogP contribution in [0.2, 0.25) is 5.02 Å². The van der Waals surface area contributed by atoms with E-state index in [0.29, 0.717) is 22.0 Å². The van der Waals surface area contributed by atoms with Crippen molar-refractivity contribution in [2.24, 2.45) is 0 Å². The number of carbonyl (C=O) groups is 1. The first-order chi connectivity index (χ1) is 13.7. The number of methoxy groups -OCH3 is 1. The second-order valence-corrected chi connectivity index (χ2v) is 6.62. The Bertz CT molecular complexity index is 1100. The number of aromatic nitrogens is 2. The van der Waals surface area contributed by atoms with Crippen LogP contribution in [-0.4, -0.2) is 22.9 Å². The molecule has 0 atom stereocenters. The molecular weight excluding hydrogens is 372 g/mol. The molecule has 3 aromatic carbocycles. The number of esters is 1. The first-order valence-corrected chi connectivity index (χ1v) is 9.15. The zero-order valence-corrected chi connectivity index (χ0v) is 15.9. The highest BCUT2D eigenvalue weighted by Crippen LogP contribution is 2.36. The van der Waals surface area contributed by atoms with Gasteiger partial charge in [0.15, 0.2) is 5.69 Å². The monoisotopic (exact) mass is 388 g/mol. The van der Waals surface area contributed by atoms with Crippen molar-refractivity contribution in [3.8, 4) is 28.1 Å². The summed E-state index contributed by atoms with van der Waals surface area (Å²) in [6, 6.07) is 26.7. The Morgan fingerprint density at radius 3 is 2.07 bits per heavy atom. The van der Waals surface area contributed by atoms with Crippen LogP contribution < -0.4 is 0 Å². The van der Waals surface area contributed by atoms with E-state index in [0.717, 1.165) is 16.8 Å². The number of hydrogen-bond acceptors (Lipinski definition) is 3. The molecule has 4 rings (SSSR count). The van der Waals surface area contributed by atoms with E-state index >= 15 is 0 Å². The van der Waals surface area contributed by atoms with Crippen LogP contribution in [0.15, 0.2) is 84.9 Å². The standard InChI is InChI=1S/C23H17ClN2O2/c1-28-23(27)22-20(16-12-14-18(24)15-13-16)21(17-8-4-2-5-9-17)25-26(22)19-10-6-3-7-11-19/h2-15H,1H3. The van der Waals surface area contributed by atoms with Crippen LogP contribution in [0.1, 0.15) is 10.5 Å². The predicted octanol–water partition coefficient (Wildman–Crippen LogP) is 5.65. The predicted molar refractivity (Wildman–Crippen MR) is 111 cm³/mol. The highest BCUT2D eigenvalue weighted by molar-refractivity contribution is 6.30. The molecule has 0 radical (unpaired) electrons. The van der Waals surface area contributed by atoms with E-state index in [1.807, 2.05) is 72.8 Å². The van der Waals surface area contributed by atoms with Crippen molar-refractivity contribution in [2.45, 2.75) is 0 Å². The largest absolute Gasteiger partial charge is 0.464 e. The van der Waals surface area contributed by atoms with E-state index < -0.39 is 5.97 Å². The number of para-hydroxylation sites is 1. The van der Waals surface area contributed by atoms with Crippen LogP contribution in [-0.2, 0) is 4.74 Å². The quantitative estimate of drug-likeness (QED) is 0.424. The van der Waals surface area contributed by atoms with Gasteiger partial charge in [0, 0.05) is 16.1 Å². The lowest BCUT2D eigenvalue weighted by molar-refractivity contribution is 0.0591. The van der Waals surface area contributed by atoms with Gasteiger partial charge in [0.05, 0.1) is 12.8 Å². The molecule has 0 amide bonds. The molecule has 0 unspecified atom stereocenters. The first kappa shape index (κ1) is 18.0. The van der Waals surface area contributed by atoms with Crippen molar-refractivity contribution in [1.29, 1.82) is 0 Å². The molecular formula is C23H17ClN2O2. The zero-order valence-electron chi connectivity index (χ0n) is 15.2. The van der Waals surface area contributed by atoms with Gasteiger partial charge >= 0.3 is 5.97 Å². The van der Waals surface area contributed by atoms with Crippen LogP contribution >= 0.6 is 11.6 Å². The normalized spacial score (nSPS) is 10.6. The number of carbonyl (C=O) groups excluding carboxylic acids is 1. The molecule has 0 aliphatic carbocycles. The number of nitrogens with zero attached hydrogens (tertiary/aromatic N) is 2. The lowest BCUT2D eigenvalue weighted by Gasteiger charge is -2.08. The minimum Gasteiger partial charge on any atom is -0.464 e. The molecule has 4 nitrogen and oxygen atoms in total. The van der Waals surface area contributed by atoms with Gasteiger partial charge < -0.3 is 4.74 Å². The minimum atomic E-state index is -0.455. The van der Waals surface area contributed by atoms with Gasteiger partial charge in [-0.05, 0) is 29.8 Å². The SMILES string of the molecule is COC(=O)c1c(-c2ccc(Cl)cc2)c(-c2ccccc2)nn1-c1ccccc1. The Morgan fingerprint density at radius 2 is 1.46 bits per heavy atom. The van der Waals surface area contributed by atoms with E-state index in [1.165, 1.54) is 7.11 Å². The number of hydrogen-bond donors (Lipinski definition) is 0. The molecule has 4 aromatic rings. The summed E-state index contributed by atoms with van der Waals surface area (Å²) < 4.78 is 6.74. The van der Waals surface area contributed by atoms with E-state index in [1.54, 1.807) is 16.8 Å². The van der Waals surface area contributed by atoms with Crippen LogP contribution in [0.5, 0.6) is 0 Å².